The van der Waals surface area contributed by atoms with E-state index >= 15 is 0 Å². The number of piperazine rings is 1. The molecule has 0 aliphatic carbocycles. The summed E-state index contributed by atoms with van der Waals surface area (Å²) in [5.74, 6) is 2.11. The number of amides is 1. The molecule has 2 aromatic carbocycles. The molecular formula is C23H28N6O3. The van der Waals surface area contributed by atoms with Crippen molar-refractivity contribution >= 4 is 11.6 Å². The summed E-state index contributed by atoms with van der Waals surface area (Å²) in [5.41, 5.74) is 1.66. The van der Waals surface area contributed by atoms with Gasteiger partial charge in [0.25, 0.3) is 5.91 Å². The maximum absolute atomic E-state index is 13.1. The first-order valence-corrected chi connectivity index (χ1v) is 10.7. The number of hydrogen-bond donors (Lipinski definition) is 0. The minimum atomic E-state index is 0.00198. The van der Waals surface area contributed by atoms with Crippen molar-refractivity contribution in [2.45, 2.75) is 26.5 Å². The second-order valence-corrected chi connectivity index (χ2v) is 7.90. The summed E-state index contributed by atoms with van der Waals surface area (Å²) in [7, 11) is 1.68. The molecule has 0 saturated carbocycles. The number of carbonyl (C=O) groups is 1. The van der Waals surface area contributed by atoms with E-state index in [1.54, 1.807) is 17.9 Å². The highest BCUT2D eigenvalue weighted by molar-refractivity contribution is 5.94. The van der Waals surface area contributed by atoms with E-state index in [4.69, 9.17) is 9.47 Å². The van der Waals surface area contributed by atoms with Crippen LogP contribution in [0.1, 0.15) is 36.1 Å². The van der Waals surface area contributed by atoms with Gasteiger partial charge in [0.1, 0.15) is 18.1 Å². The zero-order chi connectivity index (χ0) is 22.5. The van der Waals surface area contributed by atoms with Crippen LogP contribution in [0.15, 0.2) is 48.5 Å². The van der Waals surface area contributed by atoms with E-state index in [0.717, 1.165) is 24.5 Å². The second kappa shape index (κ2) is 9.67. The van der Waals surface area contributed by atoms with Crippen LogP contribution in [0.25, 0.3) is 0 Å². The Morgan fingerprint density at radius 2 is 1.84 bits per heavy atom. The first-order chi connectivity index (χ1) is 15.6. The third-order valence-corrected chi connectivity index (χ3v) is 5.49. The summed E-state index contributed by atoms with van der Waals surface area (Å²) in [6.45, 7) is 7.04. The molecule has 0 radical (unpaired) electrons. The van der Waals surface area contributed by atoms with Crippen molar-refractivity contribution in [2.24, 2.45) is 0 Å². The molecule has 1 amide bonds. The van der Waals surface area contributed by atoms with E-state index in [1.165, 1.54) is 0 Å². The van der Waals surface area contributed by atoms with Crippen LogP contribution < -0.4 is 14.4 Å². The summed E-state index contributed by atoms with van der Waals surface area (Å²) in [6, 6.07) is 15.4. The zero-order valence-corrected chi connectivity index (χ0v) is 18.6. The van der Waals surface area contributed by atoms with Crippen molar-refractivity contribution in [2.75, 3.05) is 38.2 Å². The highest BCUT2D eigenvalue weighted by Crippen LogP contribution is 2.28. The highest BCUT2D eigenvalue weighted by atomic mass is 16.5. The van der Waals surface area contributed by atoms with Gasteiger partial charge in [0, 0.05) is 31.7 Å². The summed E-state index contributed by atoms with van der Waals surface area (Å²) < 4.78 is 13.1. The molecule has 1 fully saturated rings. The molecule has 1 saturated heterocycles. The van der Waals surface area contributed by atoms with Crippen LogP contribution in [0.3, 0.4) is 0 Å². The topological polar surface area (TPSA) is 85.6 Å². The molecule has 168 valence electrons. The van der Waals surface area contributed by atoms with Crippen LogP contribution in [-0.2, 0) is 6.61 Å². The van der Waals surface area contributed by atoms with E-state index in [9.17, 15) is 4.79 Å². The molecule has 0 spiro atoms. The normalized spacial score (nSPS) is 14.0. The van der Waals surface area contributed by atoms with Gasteiger partial charge in [-0.3, -0.25) is 4.79 Å². The Hall–Kier alpha value is -3.62. The maximum atomic E-state index is 13.1. The number of carbonyl (C=O) groups excluding carboxylic acids is 1. The number of aromatic nitrogens is 4. The number of rotatable bonds is 7. The number of methoxy groups -OCH3 is 1. The van der Waals surface area contributed by atoms with E-state index < -0.39 is 0 Å². The van der Waals surface area contributed by atoms with E-state index in [1.807, 2.05) is 61.2 Å². The van der Waals surface area contributed by atoms with Gasteiger partial charge in [-0.2, -0.15) is 0 Å². The number of para-hydroxylation sites is 2. The standard InChI is InChI=1S/C23H28N6O3/c1-17(2)29-22(24-25-26-29)16-32-19-8-6-7-18(15-19)23(30)28-13-11-27(12-14-28)20-9-4-5-10-21(20)31-3/h4-10,15,17H,11-14,16H2,1-3H3. The largest absolute Gasteiger partial charge is 0.495 e. The van der Waals surface area contributed by atoms with Crippen LogP contribution in [0.5, 0.6) is 11.5 Å². The van der Waals surface area contributed by atoms with Gasteiger partial charge < -0.3 is 19.3 Å². The Morgan fingerprint density at radius 1 is 1.06 bits per heavy atom. The van der Waals surface area contributed by atoms with Crippen molar-refractivity contribution < 1.29 is 14.3 Å². The highest BCUT2D eigenvalue weighted by Gasteiger charge is 2.24. The van der Waals surface area contributed by atoms with Crippen LogP contribution in [0.4, 0.5) is 5.69 Å². The lowest BCUT2D eigenvalue weighted by molar-refractivity contribution is 0.0746. The number of tetrazole rings is 1. The van der Waals surface area contributed by atoms with Crippen molar-refractivity contribution in [3.8, 4) is 11.5 Å². The monoisotopic (exact) mass is 436 g/mol. The fraction of sp³-hybridized carbons (Fsp3) is 0.391. The van der Waals surface area contributed by atoms with E-state index in [2.05, 4.69) is 20.4 Å². The average molecular weight is 437 g/mol. The Labute approximate surface area is 187 Å². The second-order valence-electron chi connectivity index (χ2n) is 7.90. The number of anilines is 1. The minimum absolute atomic E-state index is 0.00198. The van der Waals surface area contributed by atoms with Gasteiger partial charge in [-0.1, -0.05) is 18.2 Å². The molecule has 2 heterocycles. The molecule has 0 bridgehead atoms. The predicted molar refractivity (Wildman–Crippen MR) is 120 cm³/mol. The maximum Gasteiger partial charge on any atom is 0.254 e. The van der Waals surface area contributed by atoms with Gasteiger partial charge in [-0.15, -0.1) is 5.10 Å². The lowest BCUT2D eigenvalue weighted by atomic mass is 10.1. The first-order valence-electron chi connectivity index (χ1n) is 10.7. The average Bonchev–Trinajstić information content (AvgIpc) is 3.32. The Balaban J connectivity index is 1.37. The lowest BCUT2D eigenvalue weighted by Gasteiger charge is -2.36. The fourth-order valence-electron chi connectivity index (χ4n) is 3.80. The van der Waals surface area contributed by atoms with Crippen molar-refractivity contribution in [3.05, 3.63) is 59.9 Å². The molecule has 3 aromatic rings. The predicted octanol–water partition coefficient (Wildman–Crippen LogP) is 2.80. The summed E-state index contributed by atoms with van der Waals surface area (Å²) in [5, 5.41) is 11.7. The molecule has 9 nitrogen and oxygen atoms in total. The molecule has 1 aromatic heterocycles. The molecule has 0 unspecified atom stereocenters. The van der Waals surface area contributed by atoms with E-state index in [-0.39, 0.29) is 18.6 Å². The summed E-state index contributed by atoms with van der Waals surface area (Å²) in [4.78, 5) is 17.2. The zero-order valence-electron chi connectivity index (χ0n) is 18.6. The van der Waals surface area contributed by atoms with Crippen molar-refractivity contribution in [1.29, 1.82) is 0 Å². The van der Waals surface area contributed by atoms with Crippen LogP contribution in [0, 0.1) is 0 Å². The minimum Gasteiger partial charge on any atom is -0.495 e. The van der Waals surface area contributed by atoms with E-state index in [0.29, 0.717) is 30.2 Å². The third-order valence-electron chi connectivity index (χ3n) is 5.49. The SMILES string of the molecule is COc1ccccc1N1CCN(C(=O)c2cccc(OCc3nnnn3C(C)C)c2)CC1. The van der Waals surface area contributed by atoms with Gasteiger partial charge in [-0.25, -0.2) is 4.68 Å². The Kier molecular flexibility index (Phi) is 6.53. The number of nitrogens with zero attached hydrogens (tertiary/aromatic N) is 6. The Morgan fingerprint density at radius 3 is 2.59 bits per heavy atom. The fourth-order valence-corrected chi connectivity index (χ4v) is 3.80. The number of hydrogen-bond acceptors (Lipinski definition) is 7. The molecule has 32 heavy (non-hydrogen) atoms. The van der Waals surface area contributed by atoms with Crippen molar-refractivity contribution in [3.63, 3.8) is 0 Å². The molecule has 1 aliphatic rings. The molecule has 1 aliphatic heterocycles. The quantitative estimate of drug-likeness (QED) is 0.563. The van der Waals surface area contributed by atoms with Crippen LogP contribution in [-0.4, -0.2) is 64.3 Å². The number of benzene rings is 2. The molecular weight excluding hydrogens is 408 g/mol. The van der Waals surface area contributed by atoms with Gasteiger partial charge in [0.2, 0.25) is 0 Å². The number of ether oxygens (including phenoxy) is 2. The Bertz CT molecular complexity index is 1060. The lowest BCUT2D eigenvalue weighted by Crippen LogP contribution is -2.48. The van der Waals surface area contributed by atoms with Gasteiger partial charge in [-0.05, 0) is 54.6 Å². The summed E-state index contributed by atoms with van der Waals surface area (Å²) >= 11 is 0. The first kappa shape index (κ1) is 21.6. The molecule has 4 rings (SSSR count). The smallest absolute Gasteiger partial charge is 0.254 e. The molecule has 0 atom stereocenters. The molecule has 0 N–H and O–H groups in total. The van der Waals surface area contributed by atoms with Gasteiger partial charge >= 0.3 is 0 Å². The van der Waals surface area contributed by atoms with Crippen molar-refractivity contribution in [1.82, 2.24) is 25.1 Å². The molecule has 9 heteroatoms. The van der Waals surface area contributed by atoms with Crippen LogP contribution in [0.2, 0.25) is 0 Å². The third kappa shape index (κ3) is 4.66. The van der Waals surface area contributed by atoms with Crippen LogP contribution >= 0.6 is 0 Å². The van der Waals surface area contributed by atoms with Gasteiger partial charge in [0.15, 0.2) is 5.82 Å². The van der Waals surface area contributed by atoms with Gasteiger partial charge in [0.05, 0.1) is 18.8 Å². The summed E-state index contributed by atoms with van der Waals surface area (Å²) in [6.07, 6.45) is 0.